The molecule has 0 saturated carbocycles. The Morgan fingerprint density at radius 1 is 1.35 bits per heavy atom. The highest BCUT2D eigenvalue weighted by atomic mass is 35.5. The van der Waals surface area contributed by atoms with Gasteiger partial charge in [-0.2, -0.15) is 4.98 Å². The number of amides is 2. The van der Waals surface area contributed by atoms with Gasteiger partial charge in [-0.3, -0.25) is 19.4 Å². The predicted molar refractivity (Wildman–Crippen MR) is 116 cm³/mol. The van der Waals surface area contributed by atoms with Gasteiger partial charge in [-0.05, 0) is 43.9 Å². The summed E-state index contributed by atoms with van der Waals surface area (Å²) in [5.41, 5.74) is -0.0825. The van der Waals surface area contributed by atoms with Gasteiger partial charge in [0.2, 0.25) is 17.8 Å². The number of aromatic amines is 1. The van der Waals surface area contributed by atoms with Gasteiger partial charge in [0, 0.05) is 24.7 Å². The summed E-state index contributed by atoms with van der Waals surface area (Å²) < 4.78 is 13.4. The number of fused-ring (bicyclic) bond motifs is 1. The zero-order chi connectivity index (χ0) is 22.1. The molecular formula is C21H23ClFN5O3. The van der Waals surface area contributed by atoms with Gasteiger partial charge in [-0.25, -0.2) is 4.39 Å². The van der Waals surface area contributed by atoms with E-state index in [0.29, 0.717) is 5.95 Å². The summed E-state index contributed by atoms with van der Waals surface area (Å²) in [5.74, 6) is -2.10. The summed E-state index contributed by atoms with van der Waals surface area (Å²) >= 11 is 5.77. The van der Waals surface area contributed by atoms with Gasteiger partial charge in [-0.1, -0.05) is 18.5 Å². The third-order valence-electron chi connectivity index (χ3n) is 5.81. The van der Waals surface area contributed by atoms with Crippen LogP contribution in [-0.4, -0.2) is 34.4 Å². The lowest BCUT2D eigenvalue weighted by atomic mass is 9.92. The summed E-state index contributed by atoms with van der Waals surface area (Å²) in [6.07, 6.45) is 3.85. The summed E-state index contributed by atoms with van der Waals surface area (Å²) in [4.78, 5) is 47.5. The lowest BCUT2D eigenvalue weighted by Gasteiger charge is -2.36. The van der Waals surface area contributed by atoms with Gasteiger partial charge in [0.05, 0.1) is 16.5 Å². The van der Waals surface area contributed by atoms with E-state index in [9.17, 15) is 18.8 Å². The standard InChI is InChI=1S/C21H23ClFN5O3/c1-2-12-5-3-4-8-28(12)21-26-18-17(20(31)27-21)13(10-16(29)25-18)19(30)24-11-6-7-15(23)14(22)9-11/h6-7,9,12-13H,2-5,8,10H2,1H3,(H,24,30)(H2,25,26,27,29,31)/t12-,13-/m1/s1. The van der Waals surface area contributed by atoms with Crippen LogP contribution in [0.2, 0.25) is 5.02 Å². The van der Waals surface area contributed by atoms with Crippen LogP contribution in [0.15, 0.2) is 23.0 Å². The molecule has 31 heavy (non-hydrogen) atoms. The summed E-state index contributed by atoms with van der Waals surface area (Å²) in [7, 11) is 0. The van der Waals surface area contributed by atoms with Crippen LogP contribution in [0.5, 0.6) is 0 Å². The van der Waals surface area contributed by atoms with Crippen LogP contribution in [0.3, 0.4) is 0 Å². The molecule has 164 valence electrons. The Labute approximate surface area is 183 Å². The second-order valence-corrected chi connectivity index (χ2v) is 8.23. The zero-order valence-electron chi connectivity index (χ0n) is 17.0. The monoisotopic (exact) mass is 447 g/mol. The molecule has 0 unspecified atom stereocenters. The molecule has 10 heteroatoms. The fraction of sp³-hybridized carbons (Fsp3) is 0.429. The number of carbonyl (C=O) groups is 2. The maximum absolute atomic E-state index is 13.4. The van der Waals surface area contributed by atoms with Crippen LogP contribution in [0.1, 0.15) is 50.5 Å². The van der Waals surface area contributed by atoms with Gasteiger partial charge >= 0.3 is 0 Å². The van der Waals surface area contributed by atoms with Gasteiger partial charge in [0.25, 0.3) is 5.56 Å². The number of aromatic nitrogens is 2. The van der Waals surface area contributed by atoms with Crippen molar-refractivity contribution in [3.8, 4) is 0 Å². The normalized spacial score (nSPS) is 20.7. The third kappa shape index (κ3) is 4.27. The second kappa shape index (κ2) is 8.66. The van der Waals surface area contributed by atoms with Gasteiger partial charge in [0.15, 0.2) is 0 Å². The minimum atomic E-state index is -1.03. The van der Waals surface area contributed by atoms with Crippen LogP contribution in [0, 0.1) is 5.82 Å². The Morgan fingerprint density at radius 3 is 2.90 bits per heavy atom. The molecule has 2 aliphatic rings. The second-order valence-electron chi connectivity index (χ2n) is 7.83. The van der Waals surface area contributed by atoms with Crippen molar-refractivity contribution < 1.29 is 14.0 Å². The first-order valence-corrected chi connectivity index (χ1v) is 10.7. The smallest absolute Gasteiger partial charge is 0.258 e. The Morgan fingerprint density at radius 2 is 2.16 bits per heavy atom. The van der Waals surface area contributed by atoms with E-state index in [4.69, 9.17) is 11.6 Å². The van der Waals surface area contributed by atoms with E-state index in [2.05, 4.69) is 32.4 Å². The molecule has 1 aromatic carbocycles. The number of nitrogens with zero attached hydrogens (tertiary/aromatic N) is 2. The van der Waals surface area contributed by atoms with Crippen LogP contribution in [-0.2, 0) is 9.59 Å². The molecule has 2 amide bonds. The number of carbonyl (C=O) groups excluding carboxylic acids is 2. The Hall–Kier alpha value is -2.94. The molecule has 1 fully saturated rings. The molecule has 1 saturated heterocycles. The molecule has 2 atom stereocenters. The fourth-order valence-electron chi connectivity index (χ4n) is 4.23. The number of rotatable bonds is 4. The van der Waals surface area contributed by atoms with Gasteiger partial charge in [-0.15, -0.1) is 0 Å². The predicted octanol–water partition coefficient (Wildman–Crippen LogP) is 3.40. The maximum atomic E-state index is 13.4. The molecule has 2 aliphatic heterocycles. The van der Waals surface area contributed by atoms with Crippen molar-refractivity contribution in [3.63, 3.8) is 0 Å². The third-order valence-corrected chi connectivity index (χ3v) is 6.10. The Kier molecular flexibility index (Phi) is 5.95. The molecule has 4 rings (SSSR count). The molecule has 3 N–H and O–H groups in total. The molecule has 0 radical (unpaired) electrons. The largest absolute Gasteiger partial charge is 0.339 e. The van der Waals surface area contributed by atoms with Crippen molar-refractivity contribution in [1.29, 1.82) is 0 Å². The van der Waals surface area contributed by atoms with E-state index in [1.165, 1.54) is 12.1 Å². The molecule has 0 aliphatic carbocycles. The van der Waals surface area contributed by atoms with Crippen molar-refractivity contribution in [1.82, 2.24) is 9.97 Å². The first-order chi connectivity index (χ1) is 14.9. The average molecular weight is 448 g/mol. The number of piperidine rings is 1. The number of hydrogen-bond acceptors (Lipinski definition) is 5. The van der Waals surface area contributed by atoms with Crippen LogP contribution in [0.4, 0.5) is 21.8 Å². The topological polar surface area (TPSA) is 107 Å². The number of hydrogen-bond donors (Lipinski definition) is 3. The molecule has 2 aromatic rings. The number of halogens is 2. The molecule has 1 aromatic heterocycles. The SMILES string of the molecule is CC[C@@H]1CCCCN1c1nc2c(c(=O)[nH]1)[C@H](C(=O)Nc1ccc(F)c(Cl)c1)CC(=O)N2. The molecule has 3 heterocycles. The summed E-state index contributed by atoms with van der Waals surface area (Å²) in [5, 5.41) is 5.09. The molecule has 8 nitrogen and oxygen atoms in total. The minimum absolute atomic E-state index is 0.104. The lowest BCUT2D eigenvalue weighted by Crippen LogP contribution is -2.43. The highest BCUT2D eigenvalue weighted by molar-refractivity contribution is 6.31. The van der Waals surface area contributed by atoms with E-state index >= 15 is 0 Å². The fourth-order valence-corrected chi connectivity index (χ4v) is 4.41. The number of anilines is 3. The lowest BCUT2D eigenvalue weighted by molar-refractivity contribution is -0.123. The Balaban J connectivity index is 1.65. The first kappa shape index (κ1) is 21.3. The number of H-pyrrole nitrogens is 1. The van der Waals surface area contributed by atoms with E-state index in [-0.39, 0.29) is 34.6 Å². The highest BCUT2D eigenvalue weighted by Crippen LogP contribution is 2.32. The van der Waals surface area contributed by atoms with Crippen molar-refractivity contribution in [3.05, 3.63) is 45.0 Å². The molecule has 0 spiro atoms. The zero-order valence-corrected chi connectivity index (χ0v) is 17.8. The van der Waals surface area contributed by atoms with Crippen LogP contribution in [0.25, 0.3) is 0 Å². The quantitative estimate of drug-likeness (QED) is 0.665. The van der Waals surface area contributed by atoms with E-state index in [1.54, 1.807) is 0 Å². The maximum Gasteiger partial charge on any atom is 0.258 e. The van der Waals surface area contributed by atoms with E-state index in [0.717, 1.165) is 38.3 Å². The van der Waals surface area contributed by atoms with Crippen LogP contribution < -0.4 is 21.1 Å². The van der Waals surface area contributed by atoms with Crippen molar-refractivity contribution in [2.24, 2.45) is 0 Å². The Bertz CT molecular complexity index is 1090. The van der Waals surface area contributed by atoms with Crippen molar-refractivity contribution in [2.75, 3.05) is 22.1 Å². The minimum Gasteiger partial charge on any atom is -0.339 e. The first-order valence-electron chi connectivity index (χ1n) is 10.3. The molecule has 0 bridgehead atoms. The van der Waals surface area contributed by atoms with Crippen LogP contribution >= 0.6 is 11.6 Å². The van der Waals surface area contributed by atoms with Gasteiger partial charge < -0.3 is 15.5 Å². The van der Waals surface area contributed by atoms with Crippen molar-refractivity contribution >= 4 is 40.9 Å². The summed E-state index contributed by atoms with van der Waals surface area (Å²) in [6, 6.07) is 4.01. The van der Waals surface area contributed by atoms with Crippen molar-refractivity contribution in [2.45, 2.75) is 51.0 Å². The average Bonchev–Trinajstić information content (AvgIpc) is 2.75. The number of benzene rings is 1. The van der Waals surface area contributed by atoms with Gasteiger partial charge in [0.1, 0.15) is 11.6 Å². The number of nitrogens with one attached hydrogen (secondary N) is 3. The van der Waals surface area contributed by atoms with E-state index in [1.807, 2.05) is 0 Å². The summed E-state index contributed by atoms with van der Waals surface area (Å²) in [6.45, 7) is 2.85. The highest BCUT2D eigenvalue weighted by Gasteiger charge is 2.36. The van der Waals surface area contributed by atoms with E-state index < -0.39 is 29.1 Å². The molecular weight excluding hydrogens is 425 g/mol.